The lowest BCUT2D eigenvalue weighted by molar-refractivity contribution is -0.139. The van der Waals surface area contributed by atoms with Crippen molar-refractivity contribution in [3.05, 3.63) is 35.4 Å². The fraction of sp³-hybridized carbons (Fsp3) is 0.579. The second-order valence-corrected chi connectivity index (χ2v) is 6.72. The SMILES string of the molecule is C[C@H](NC(=O)C[C@H]1CCCc2ccccc21)C(=O)N1CCOCC1. The van der Waals surface area contributed by atoms with E-state index in [1.54, 1.807) is 11.8 Å². The molecule has 0 saturated carbocycles. The fourth-order valence-corrected chi connectivity index (χ4v) is 3.71. The van der Waals surface area contributed by atoms with E-state index in [-0.39, 0.29) is 17.7 Å². The average Bonchev–Trinajstić information content (AvgIpc) is 2.62. The van der Waals surface area contributed by atoms with Gasteiger partial charge < -0.3 is 15.0 Å². The van der Waals surface area contributed by atoms with Gasteiger partial charge in [0.2, 0.25) is 11.8 Å². The van der Waals surface area contributed by atoms with Gasteiger partial charge in [0.25, 0.3) is 0 Å². The molecule has 0 bridgehead atoms. The number of nitrogens with one attached hydrogen (secondary N) is 1. The first-order chi connectivity index (χ1) is 11.6. The van der Waals surface area contributed by atoms with Gasteiger partial charge in [-0.1, -0.05) is 24.3 Å². The molecule has 1 heterocycles. The number of hydrogen-bond acceptors (Lipinski definition) is 3. The Balaban J connectivity index is 1.55. The van der Waals surface area contributed by atoms with E-state index in [9.17, 15) is 9.59 Å². The van der Waals surface area contributed by atoms with Crippen LogP contribution in [0.3, 0.4) is 0 Å². The third-order valence-corrected chi connectivity index (χ3v) is 5.00. The second-order valence-electron chi connectivity index (χ2n) is 6.72. The summed E-state index contributed by atoms with van der Waals surface area (Å²) >= 11 is 0. The van der Waals surface area contributed by atoms with Crippen molar-refractivity contribution in [1.82, 2.24) is 10.2 Å². The van der Waals surface area contributed by atoms with Crippen LogP contribution in [0, 0.1) is 0 Å². The maximum absolute atomic E-state index is 12.4. The number of amides is 2. The van der Waals surface area contributed by atoms with E-state index < -0.39 is 6.04 Å². The summed E-state index contributed by atoms with van der Waals surface area (Å²) in [5, 5.41) is 2.88. The molecule has 5 heteroatoms. The van der Waals surface area contributed by atoms with Crippen LogP contribution in [0.15, 0.2) is 24.3 Å². The molecular formula is C19H26N2O3. The number of carbonyl (C=O) groups is 2. The van der Waals surface area contributed by atoms with Crippen LogP contribution in [0.25, 0.3) is 0 Å². The molecule has 0 unspecified atom stereocenters. The predicted octanol–water partition coefficient (Wildman–Crippen LogP) is 1.86. The van der Waals surface area contributed by atoms with E-state index in [0.29, 0.717) is 32.7 Å². The maximum Gasteiger partial charge on any atom is 0.245 e. The molecule has 1 N–H and O–H groups in total. The Morgan fingerprint density at radius 2 is 2.04 bits per heavy atom. The molecule has 2 aliphatic rings. The zero-order valence-electron chi connectivity index (χ0n) is 14.3. The number of rotatable bonds is 4. The van der Waals surface area contributed by atoms with Crippen LogP contribution in [-0.2, 0) is 20.7 Å². The first-order valence-corrected chi connectivity index (χ1v) is 8.89. The zero-order chi connectivity index (χ0) is 16.9. The van der Waals surface area contributed by atoms with Gasteiger partial charge in [0.15, 0.2) is 0 Å². The third-order valence-electron chi connectivity index (χ3n) is 5.00. The number of fused-ring (bicyclic) bond motifs is 1. The first-order valence-electron chi connectivity index (χ1n) is 8.89. The van der Waals surface area contributed by atoms with Crippen molar-refractivity contribution in [2.75, 3.05) is 26.3 Å². The number of aryl methyl sites for hydroxylation is 1. The molecule has 1 aliphatic carbocycles. The summed E-state index contributed by atoms with van der Waals surface area (Å²) in [7, 11) is 0. The van der Waals surface area contributed by atoms with Crippen molar-refractivity contribution in [2.45, 2.75) is 44.6 Å². The highest BCUT2D eigenvalue weighted by Crippen LogP contribution is 2.33. The number of morpholine rings is 1. The summed E-state index contributed by atoms with van der Waals surface area (Å²) < 4.78 is 5.26. The normalized spacial score (nSPS) is 21.7. The van der Waals surface area contributed by atoms with Gasteiger partial charge in [-0.2, -0.15) is 0 Å². The lowest BCUT2D eigenvalue weighted by atomic mass is 9.81. The predicted molar refractivity (Wildman–Crippen MR) is 91.7 cm³/mol. The molecule has 1 saturated heterocycles. The Bertz CT molecular complexity index is 596. The van der Waals surface area contributed by atoms with Crippen molar-refractivity contribution < 1.29 is 14.3 Å². The Kier molecular flexibility index (Phi) is 5.51. The standard InChI is InChI=1S/C19H26N2O3/c1-14(19(23)21-9-11-24-12-10-21)20-18(22)13-16-7-4-6-15-5-2-3-8-17(15)16/h2-3,5,8,14,16H,4,6-7,9-13H2,1H3,(H,20,22)/t14-,16+/m0/s1. The van der Waals surface area contributed by atoms with Gasteiger partial charge in [-0.3, -0.25) is 9.59 Å². The number of ether oxygens (including phenoxy) is 1. The summed E-state index contributed by atoms with van der Waals surface area (Å²) in [6.07, 6.45) is 3.71. The average molecular weight is 330 g/mol. The van der Waals surface area contributed by atoms with Crippen molar-refractivity contribution in [2.24, 2.45) is 0 Å². The monoisotopic (exact) mass is 330 g/mol. The highest BCUT2D eigenvalue weighted by atomic mass is 16.5. The molecule has 0 aromatic heterocycles. The molecule has 24 heavy (non-hydrogen) atoms. The topological polar surface area (TPSA) is 58.6 Å². The quantitative estimate of drug-likeness (QED) is 0.917. The van der Waals surface area contributed by atoms with Gasteiger partial charge in [0.1, 0.15) is 6.04 Å². The summed E-state index contributed by atoms with van der Waals surface area (Å²) in [5.74, 6) is 0.210. The van der Waals surface area contributed by atoms with E-state index in [1.165, 1.54) is 11.1 Å². The van der Waals surface area contributed by atoms with E-state index in [0.717, 1.165) is 19.3 Å². The van der Waals surface area contributed by atoms with Crippen molar-refractivity contribution in [3.63, 3.8) is 0 Å². The number of hydrogen-bond donors (Lipinski definition) is 1. The fourth-order valence-electron chi connectivity index (χ4n) is 3.71. The minimum Gasteiger partial charge on any atom is -0.378 e. The highest BCUT2D eigenvalue weighted by molar-refractivity contribution is 5.87. The molecule has 0 radical (unpaired) electrons. The molecule has 1 aromatic carbocycles. The van der Waals surface area contributed by atoms with Crippen molar-refractivity contribution in [3.8, 4) is 0 Å². The number of carbonyl (C=O) groups excluding carboxylic acids is 2. The lowest BCUT2D eigenvalue weighted by Gasteiger charge is -2.30. The van der Waals surface area contributed by atoms with Gasteiger partial charge in [-0.05, 0) is 43.2 Å². The minimum absolute atomic E-state index is 0.0179. The van der Waals surface area contributed by atoms with Crippen molar-refractivity contribution >= 4 is 11.8 Å². The summed E-state index contributed by atoms with van der Waals surface area (Å²) in [6, 6.07) is 7.91. The summed E-state index contributed by atoms with van der Waals surface area (Å²) in [5.41, 5.74) is 2.66. The zero-order valence-corrected chi connectivity index (χ0v) is 14.3. The molecular weight excluding hydrogens is 304 g/mol. The number of benzene rings is 1. The largest absolute Gasteiger partial charge is 0.378 e. The molecule has 5 nitrogen and oxygen atoms in total. The Morgan fingerprint density at radius 1 is 1.29 bits per heavy atom. The maximum atomic E-state index is 12.4. The van der Waals surface area contributed by atoms with Gasteiger partial charge in [-0.25, -0.2) is 0 Å². The van der Waals surface area contributed by atoms with E-state index >= 15 is 0 Å². The van der Waals surface area contributed by atoms with Crippen molar-refractivity contribution in [1.29, 1.82) is 0 Å². The van der Waals surface area contributed by atoms with Gasteiger partial charge in [-0.15, -0.1) is 0 Å². The van der Waals surface area contributed by atoms with Gasteiger partial charge in [0.05, 0.1) is 13.2 Å². The Morgan fingerprint density at radius 3 is 2.83 bits per heavy atom. The highest BCUT2D eigenvalue weighted by Gasteiger charge is 2.26. The van der Waals surface area contributed by atoms with Crippen LogP contribution in [0.5, 0.6) is 0 Å². The van der Waals surface area contributed by atoms with Crippen LogP contribution in [0.4, 0.5) is 0 Å². The van der Waals surface area contributed by atoms with Gasteiger partial charge >= 0.3 is 0 Å². The summed E-state index contributed by atoms with van der Waals surface area (Å²) in [6.45, 7) is 4.13. The van der Waals surface area contributed by atoms with Crippen LogP contribution < -0.4 is 5.32 Å². The molecule has 3 rings (SSSR count). The molecule has 130 valence electrons. The van der Waals surface area contributed by atoms with Crippen LogP contribution in [0.1, 0.15) is 43.2 Å². The molecule has 1 fully saturated rings. The lowest BCUT2D eigenvalue weighted by Crippen LogP contribution is -2.50. The molecule has 1 aliphatic heterocycles. The molecule has 2 atom stereocenters. The molecule has 1 aromatic rings. The van der Waals surface area contributed by atoms with E-state index in [4.69, 9.17) is 4.74 Å². The van der Waals surface area contributed by atoms with Crippen LogP contribution in [-0.4, -0.2) is 49.1 Å². The number of nitrogens with zero attached hydrogens (tertiary/aromatic N) is 1. The summed E-state index contributed by atoms with van der Waals surface area (Å²) in [4.78, 5) is 26.6. The smallest absolute Gasteiger partial charge is 0.245 e. The second kappa shape index (κ2) is 7.79. The molecule has 0 spiro atoms. The van der Waals surface area contributed by atoms with Gasteiger partial charge in [0, 0.05) is 19.5 Å². The third kappa shape index (κ3) is 3.96. The first kappa shape index (κ1) is 17.0. The van der Waals surface area contributed by atoms with E-state index in [2.05, 4.69) is 23.5 Å². The minimum atomic E-state index is -0.477. The van der Waals surface area contributed by atoms with E-state index in [1.807, 2.05) is 6.07 Å². The molecule has 2 amide bonds. The van der Waals surface area contributed by atoms with Crippen LogP contribution in [0.2, 0.25) is 0 Å². The Labute approximate surface area is 143 Å². The van der Waals surface area contributed by atoms with Crippen LogP contribution >= 0.6 is 0 Å². The Hall–Kier alpha value is -1.88.